The van der Waals surface area contributed by atoms with E-state index < -0.39 is 17.7 Å². The van der Waals surface area contributed by atoms with E-state index in [2.05, 4.69) is 4.98 Å². The molecule has 4 rings (SSSR count). The van der Waals surface area contributed by atoms with E-state index in [0.717, 1.165) is 17.7 Å². The van der Waals surface area contributed by atoms with Crippen LogP contribution in [0.1, 0.15) is 36.2 Å². The van der Waals surface area contributed by atoms with Crippen molar-refractivity contribution in [2.45, 2.75) is 26.3 Å². The smallest absolute Gasteiger partial charge is 0.300 e. The Morgan fingerprint density at radius 3 is 2.43 bits per heavy atom. The van der Waals surface area contributed by atoms with E-state index in [0.29, 0.717) is 29.3 Å². The lowest BCUT2D eigenvalue weighted by Crippen LogP contribution is -2.29. The van der Waals surface area contributed by atoms with Crippen LogP contribution in [0, 0.1) is 6.92 Å². The molecule has 0 radical (unpaired) electrons. The molecule has 1 unspecified atom stereocenters. The van der Waals surface area contributed by atoms with Crippen molar-refractivity contribution >= 4 is 28.8 Å². The fourth-order valence-electron chi connectivity index (χ4n) is 4.15. The van der Waals surface area contributed by atoms with Crippen LogP contribution in [0.2, 0.25) is 0 Å². The maximum atomic E-state index is 13.3. The summed E-state index contributed by atoms with van der Waals surface area (Å²) in [6.45, 7) is 4.49. The third-order valence-corrected chi connectivity index (χ3v) is 5.97. The van der Waals surface area contributed by atoms with Crippen LogP contribution in [-0.2, 0) is 9.59 Å². The first-order valence-electron chi connectivity index (χ1n) is 11.6. The van der Waals surface area contributed by atoms with Crippen LogP contribution < -0.4 is 14.5 Å². The maximum absolute atomic E-state index is 13.3. The van der Waals surface area contributed by atoms with E-state index in [1.165, 1.54) is 4.90 Å². The lowest BCUT2D eigenvalue weighted by molar-refractivity contribution is -0.132. The number of hydrogen-bond acceptors (Lipinski definition) is 6. The molecule has 1 aliphatic heterocycles. The van der Waals surface area contributed by atoms with Gasteiger partial charge in [0.15, 0.2) is 0 Å². The van der Waals surface area contributed by atoms with E-state index in [1.54, 1.807) is 54.7 Å². The molecular weight excluding hydrogens is 442 g/mol. The van der Waals surface area contributed by atoms with Gasteiger partial charge in [-0.3, -0.25) is 19.5 Å². The number of anilines is 2. The van der Waals surface area contributed by atoms with Gasteiger partial charge in [-0.1, -0.05) is 13.0 Å². The van der Waals surface area contributed by atoms with Crippen LogP contribution in [0.15, 0.2) is 72.4 Å². The molecule has 3 aromatic rings. The number of carbonyl (C=O) groups is 2. The molecule has 1 aromatic heterocycles. The zero-order valence-electron chi connectivity index (χ0n) is 20.4. The first-order chi connectivity index (χ1) is 16.8. The average molecular weight is 472 g/mol. The first-order valence-corrected chi connectivity index (χ1v) is 11.6. The predicted octanol–water partition coefficient (Wildman–Crippen LogP) is 4.87. The number of amides is 1. The molecule has 1 aliphatic rings. The van der Waals surface area contributed by atoms with Gasteiger partial charge in [-0.2, -0.15) is 0 Å². The Hall–Kier alpha value is -4.13. The Bertz CT molecular complexity index is 1270. The van der Waals surface area contributed by atoms with E-state index in [4.69, 9.17) is 4.74 Å². The molecule has 1 N–H and O–H groups in total. The summed E-state index contributed by atoms with van der Waals surface area (Å²) in [5.41, 5.74) is 3.27. The summed E-state index contributed by atoms with van der Waals surface area (Å²) in [5, 5.41) is 11.3. The molecule has 35 heavy (non-hydrogen) atoms. The highest BCUT2D eigenvalue weighted by atomic mass is 16.5. The monoisotopic (exact) mass is 471 g/mol. The number of rotatable bonds is 7. The number of Topliss-reactive ketones (excluding diaryl/α,β-unsaturated/α-hetero) is 1. The zero-order valence-corrected chi connectivity index (χ0v) is 20.4. The van der Waals surface area contributed by atoms with E-state index in [-0.39, 0.29) is 11.3 Å². The number of ketones is 1. The van der Waals surface area contributed by atoms with Gasteiger partial charge < -0.3 is 14.7 Å². The molecule has 0 saturated carbocycles. The van der Waals surface area contributed by atoms with Crippen molar-refractivity contribution in [2.24, 2.45) is 0 Å². The minimum atomic E-state index is -0.863. The fraction of sp³-hybridized carbons (Fsp3) is 0.250. The molecule has 7 heteroatoms. The van der Waals surface area contributed by atoms with Gasteiger partial charge in [-0.05, 0) is 73.5 Å². The lowest BCUT2D eigenvalue weighted by Gasteiger charge is -2.25. The van der Waals surface area contributed by atoms with E-state index in [1.807, 2.05) is 45.0 Å². The molecule has 7 nitrogen and oxygen atoms in total. The quantitative estimate of drug-likeness (QED) is 0.301. The van der Waals surface area contributed by atoms with Gasteiger partial charge in [0.1, 0.15) is 17.6 Å². The highest BCUT2D eigenvalue weighted by Gasteiger charge is 2.47. The van der Waals surface area contributed by atoms with Crippen LogP contribution in [0.4, 0.5) is 11.4 Å². The lowest BCUT2D eigenvalue weighted by atomic mass is 9.97. The molecule has 2 heterocycles. The molecule has 180 valence electrons. The molecule has 0 spiro atoms. The van der Waals surface area contributed by atoms with Crippen LogP contribution in [0.3, 0.4) is 0 Å². The third-order valence-electron chi connectivity index (χ3n) is 5.97. The van der Waals surface area contributed by atoms with Gasteiger partial charge in [0.25, 0.3) is 11.7 Å². The number of nitrogens with zero attached hydrogens (tertiary/aromatic N) is 3. The van der Waals surface area contributed by atoms with E-state index >= 15 is 0 Å². The van der Waals surface area contributed by atoms with Crippen molar-refractivity contribution < 1.29 is 19.4 Å². The highest BCUT2D eigenvalue weighted by molar-refractivity contribution is 6.51. The fourth-order valence-corrected chi connectivity index (χ4v) is 4.15. The number of carbonyl (C=O) groups excluding carboxylic acids is 2. The van der Waals surface area contributed by atoms with Gasteiger partial charge in [0.05, 0.1) is 17.9 Å². The molecular formula is C28H29N3O4. The predicted molar refractivity (Wildman–Crippen MR) is 137 cm³/mol. The SMILES string of the molecule is CCCOc1ccc(/C(O)=C2/C(=O)C(=O)N(c3ccc(N(C)C)cc3)C2c2ccccn2)cc1C. The highest BCUT2D eigenvalue weighted by Crippen LogP contribution is 2.42. The molecule has 0 aliphatic carbocycles. The van der Waals surface area contributed by atoms with Crippen molar-refractivity contribution in [3.8, 4) is 5.75 Å². The number of aliphatic hydroxyl groups excluding tert-OH is 1. The largest absolute Gasteiger partial charge is 0.507 e. The summed E-state index contributed by atoms with van der Waals surface area (Å²) >= 11 is 0. The summed E-state index contributed by atoms with van der Waals surface area (Å²) in [6, 6.07) is 17.0. The molecule has 1 fully saturated rings. The number of aryl methyl sites for hydroxylation is 1. The number of ether oxygens (including phenoxy) is 1. The summed E-state index contributed by atoms with van der Waals surface area (Å²) < 4.78 is 5.74. The Balaban J connectivity index is 1.84. The normalized spacial score (nSPS) is 17.0. The van der Waals surface area contributed by atoms with Crippen molar-refractivity contribution in [3.63, 3.8) is 0 Å². The van der Waals surface area contributed by atoms with Crippen LogP contribution in [0.25, 0.3) is 5.76 Å². The van der Waals surface area contributed by atoms with Gasteiger partial charge in [-0.25, -0.2) is 0 Å². The van der Waals surface area contributed by atoms with Crippen molar-refractivity contribution in [3.05, 3.63) is 89.3 Å². The number of aromatic nitrogens is 1. The van der Waals surface area contributed by atoms with Crippen molar-refractivity contribution in [2.75, 3.05) is 30.5 Å². The maximum Gasteiger partial charge on any atom is 0.300 e. The van der Waals surface area contributed by atoms with E-state index in [9.17, 15) is 14.7 Å². The summed E-state index contributed by atoms with van der Waals surface area (Å²) in [6.07, 6.45) is 2.48. The second-order valence-electron chi connectivity index (χ2n) is 8.66. The molecule has 1 atom stereocenters. The minimum absolute atomic E-state index is 0.00649. The molecule has 1 saturated heterocycles. The number of benzene rings is 2. The third kappa shape index (κ3) is 4.62. The van der Waals surface area contributed by atoms with Gasteiger partial charge in [-0.15, -0.1) is 0 Å². The number of aliphatic hydroxyl groups is 1. The molecule has 2 aromatic carbocycles. The standard InChI is InChI=1S/C28H29N3O4/c1-5-16-35-23-14-9-19(17-18(23)2)26(32)24-25(22-8-6-7-15-29-22)31(28(34)27(24)33)21-12-10-20(11-13-21)30(3)4/h6-15,17,25,32H,5,16H2,1-4H3/b26-24-. The van der Waals surface area contributed by atoms with Crippen LogP contribution in [0.5, 0.6) is 5.75 Å². The molecule has 1 amide bonds. The Kier molecular flexibility index (Phi) is 6.87. The summed E-state index contributed by atoms with van der Waals surface area (Å²) in [7, 11) is 3.85. The Morgan fingerprint density at radius 1 is 1.09 bits per heavy atom. The topological polar surface area (TPSA) is 83.0 Å². The summed E-state index contributed by atoms with van der Waals surface area (Å²) in [4.78, 5) is 34.3. The van der Waals surface area contributed by atoms with Crippen molar-refractivity contribution in [1.82, 2.24) is 4.98 Å². The first kappa shape index (κ1) is 24.0. The molecule has 0 bridgehead atoms. The Morgan fingerprint density at radius 2 is 1.83 bits per heavy atom. The summed E-state index contributed by atoms with van der Waals surface area (Å²) in [5.74, 6) is -0.985. The van der Waals surface area contributed by atoms with Crippen LogP contribution in [-0.4, -0.2) is 42.5 Å². The number of hydrogen-bond donors (Lipinski definition) is 1. The Labute approximate surface area is 205 Å². The second-order valence-corrected chi connectivity index (χ2v) is 8.66. The minimum Gasteiger partial charge on any atom is -0.507 e. The van der Waals surface area contributed by atoms with Gasteiger partial charge in [0, 0.05) is 37.2 Å². The zero-order chi connectivity index (χ0) is 25.1. The second kappa shape index (κ2) is 10.0. The van der Waals surface area contributed by atoms with Gasteiger partial charge in [0.2, 0.25) is 0 Å². The van der Waals surface area contributed by atoms with Crippen molar-refractivity contribution in [1.29, 1.82) is 0 Å². The average Bonchev–Trinajstić information content (AvgIpc) is 3.13. The van der Waals surface area contributed by atoms with Crippen LogP contribution >= 0.6 is 0 Å². The number of pyridine rings is 1. The van der Waals surface area contributed by atoms with Gasteiger partial charge >= 0.3 is 0 Å².